The lowest BCUT2D eigenvalue weighted by Crippen LogP contribution is -2.39. The molecule has 0 saturated heterocycles. The predicted octanol–water partition coefficient (Wildman–Crippen LogP) is 2.52. The molecule has 1 aliphatic heterocycles. The molecule has 0 spiro atoms. The van der Waals surface area contributed by atoms with Gasteiger partial charge in [0.2, 0.25) is 0 Å². The molecule has 1 aliphatic rings. The van der Waals surface area contributed by atoms with Gasteiger partial charge in [-0.25, -0.2) is 10.1 Å². The Bertz CT molecular complexity index is 1240. The Morgan fingerprint density at radius 2 is 2.06 bits per heavy atom. The second-order valence-corrected chi connectivity index (χ2v) is 7.65. The predicted molar refractivity (Wildman–Crippen MR) is 107 cm³/mol. The summed E-state index contributed by atoms with van der Waals surface area (Å²) in [6.45, 7) is 0.688. The maximum Gasteiger partial charge on any atom is 0.407 e. The number of nitrogens with two attached hydrogens (primary N) is 1. The van der Waals surface area contributed by atoms with Crippen LogP contribution in [0.15, 0.2) is 36.7 Å². The lowest BCUT2D eigenvalue weighted by molar-refractivity contribution is -0.158. The van der Waals surface area contributed by atoms with Crippen LogP contribution in [0.25, 0.3) is 11.2 Å². The molecule has 8 nitrogen and oxygen atoms in total. The monoisotopic (exact) mass is 428 g/mol. The van der Waals surface area contributed by atoms with Gasteiger partial charge in [0, 0.05) is 19.2 Å². The zero-order valence-corrected chi connectivity index (χ0v) is 16.3. The fourth-order valence-corrected chi connectivity index (χ4v) is 4.04. The average Bonchev–Trinajstić information content (AvgIpc) is 3.36. The number of anilines is 1. The minimum atomic E-state index is -4.33. The number of benzene rings is 1. The molecule has 0 bridgehead atoms. The van der Waals surface area contributed by atoms with Crippen LogP contribution in [0.1, 0.15) is 33.9 Å². The van der Waals surface area contributed by atoms with Crippen molar-refractivity contribution in [2.45, 2.75) is 31.6 Å². The van der Waals surface area contributed by atoms with Gasteiger partial charge in [0.05, 0.1) is 12.7 Å². The Kier molecular flexibility index (Phi) is 4.62. The summed E-state index contributed by atoms with van der Waals surface area (Å²) in [5.41, 5.74) is 10.6. The SMILES string of the molecule is Nc1cc(Cc2cnn(Cc3ccc4c(c3)C(C(F)(F)F)NCC4)c2)c2nn[nH]c2n1. The molecule has 0 saturated carbocycles. The largest absolute Gasteiger partial charge is 0.407 e. The van der Waals surface area contributed by atoms with E-state index in [0.29, 0.717) is 48.5 Å². The minimum absolute atomic E-state index is 0.296. The first kappa shape index (κ1) is 19.5. The molecule has 4 N–H and O–H groups in total. The van der Waals surface area contributed by atoms with Gasteiger partial charge in [-0.05, 0) is 40.3 Å². The van der Waals surface area contributed by atoms with Crippen molar-refractivity contribution in [2.75, 3.05) is 12.3 Å². The first-order valence-electron chi connectivity index (χ1n) is 9.76. The number of hydrogen-bond acceptors (Lipinski definition) is 6. The topological polar surface area (TPSA) is 110 Å². The van der Waals surface area contributed by atoms with Gasteiger partial charge in [0.25, 0.3) is 0 Å². The molecule has 0 radical (unpaired) electrons. The van der Waals surface area contributed by atoms with Gasteiger partial charge in [-0.15, -0.1) is 5.10 Å². The van der Waals surface area contributed by atoms with E-state index in [2.05, 4.69) is 30.8 Å². The normalized spacial score (nSPS) is 16.5. The Morgan fingerprint density at radius 3 is 2.90 bits per heavy atom. The first-order chi connectivity index (χ1) is 14.9. The summed E-state index contributed by atoms with van der Waals surface area (Å²) in [6.07, 6.45) is 0.369. The Balaban J connectivity index is 1.37. The van der Waals surface area contributed by atoms with Crippen LogP contribution in [-0.4, -0.2) is 42.9 Å². The summed E-state index contributed by atoms with van der Waals surface area (Å²) >= 11 is 0. The Hall–Kier alpha value is -3.47. The van der Waals surface area contributed by atoms with E-state index in [0.717, 1.165) is 22.3 Å². The van der Waals surface area contributed by atoms with Crippen molar-refractivity contribution in [3.63, 3.8) is 0 Å². The van der Waals surface area contributed by atoms with Gasteiger partial charge in [0.15, 0.2) is 5.65 Å². The number of pyridine rings is 1. The highest BCUT2D eigenvalue weighted by atomic mass is 19.4. The molecule has 160 valence electrons. The number of aromatic nitrogens is 6. The molecular formula is C20H19F3N8. The summed E-state index contributed by atoms with van der Waals surface area (Å²) in [4.78, 5) is 4.15. The maximum atomic E-state index is 13.4. The van der Waals surface area contributed by atoms with E-state index in [9.17, 15) is 13.2 Å². The van der Waals surface area contributed by atoms with Crippen molar-refractivity contribution in [1.29, 1.82) is 0 Å². The summed E-state index contributed by atoms with van der Waals surface area (Å²) in [6, 6.07) is 5.39. The van der Waals surface area contributed by atoms with E-state index in [-0.39, 0.29) is 0 Å². The molecular weight excluding hydrogens is 409 g/mol. The van der Waals surface area contributed by atoms with Crippen LogP contribution in [0.3, 0.4) is 0 Å². The third kappa shape index (κ3) is 3.83. The van der Waals surface area contributed by atoms with Crippen LogP contribution in [0, 0.1) is 0 Å². The number of fused-ring (bicyclic) bond motifs is 2. The summed E-state index contributed by atoms with van der Waals surface area (Å²) < 4.78 is 41.9. The summed E-state index contributed by atoms with van der Waals surface area (Å²) in [5.74, 6) is 0.364. The fourth-order valence-electron chi connectivity index (χ4n) is 4.04. The molecule has 4 heterocycles. The number of hydrogen-bond donors (Lipinski definition) is 3. The van der Waals surface area contributed by atoms with Gasteiger partial charge in [-0.2, -0.15) is 18.3 Å². The van der Waals surface area contributed by atoms with Crippen LogP contribution in [-0.2, 0) is 19.4 Å². The standard InChI is InChI=1S/C20H19F3N8/c21-20(22,23)18-15-6-11(1-2-13(15)3-4-25-18)9-31-10-12(8-26-31)5-14-7-16(24)27-19-17(14)28-30-29-19/h1-2,6-8,10,18,25H,3-5,9H2,(H3,24,27,28,29,30). The quantitative estimate of drug-likeness (QED) is 0.461. The third-order valence-corrected chi connectivity index (χ3v) is 5.41. The summed E-state index contributed by atoms with van der Waals surface area (Å²) in [7, 11) is 0. The minimum Gasteiger partial charge on any atom is -0.384 e. The number of halogens is 3. The molecule has 1 atom stereocenters. The van der Waals surface area contributed by atoms with Crippen molar-refractivity contribution in [3.05, 3.63) is 64.5 Å². The van der Waals surface area contributed by atoms with Crippen LogP contribution in [0.5, 0.6) is 0 Å². The molecule has 1 aromatic carbocycles. The van der Waals surface area contributed by atoms with Gasteiger partial charge in [0.1, 0.15) is 17.4 Å². The first-order valence-corrected chi connectivity index (χ1v) is 9.76. The van der Waals surface area contributed by atoms with Crippen LogP contribution in [0.4, 0.5) is 19.0 Å². The summed E-state index contributed by atoms with van der Waals surface area (Å²) in [5, 5.41) is 17.5. The highest BCUT2D eigenvalue weighted by Crippen LogP contribution is 2.37. The van der Waals surface area contributed by atoms with E-state index in [1.54, 1.807) is 29.1 Å². The van der Waals surface area contributed by atoms with E-state index in [4.69, 9.17) is 5.73 Å². The number of rotatable bonds is 4. The molecule has 4 aromatic rings. The van der Waals surface area contributed by atoms with E-state index >= 15 is 0 Å². The molecule has 0 aliphatic carbocycles. The van der Waals surface area contributed by atoms with Crippen LogP contribution in [0.2, 0.25) is 0 Å². The number of aromatic amines is 1. The smallest absolute Gasteiger partial charge is 0.384 e. The van der Waals surface area contributed by atoms with Crippen molar-refractivity contribution in [3.8, 4) is 0 Å². The van der Waals surface area contributed by atoms with Gasteiger partial charge in [-0.1, -0.05) is 23.4 Å². The number of nitrogen functional groups attached to an aromatic ring is 1. The van der Waals surface area contributed by atoms with Crippen molar-refractivity contribution < 1.29 is 13.2 Å². The molecule has 0 fully saturated rings. The van der Waals surface area contributed by atoms with E-state index in [1.807, 2.05) is 12.3 Å². The average molecular weight is 428 g/mol. The Labute approximate surface area is 174 Å². The highest BCUT2D eigenvalue weighted by Gasteiger charge is 2.42. The van der Waals surface area contributed by atoms with Crippen molar-refractivity contribution in [1.82, 2.24) is 35.5 Å². The van der Waals surface area contributed by atoms with Gasteiger partial charge in [-0.3, -0.25) is 4.68 Å². The zero-order valence-electron chi connectivity index (χ0n) is 16.3. The molecule has 5 rings (SSSR count). The Morgan fingerprint density at radius 1 is 1.19 bits per heavy atom. The second kappa shape index (κ2) is 7.34. The number of alkyl halides is 3. The fraction of sp³-hybridized carbons (Fsp3) is 0.300. The number of nitrogens with one attached hydrogen (secondary N) is 2. The number of nitrogens with zero attached hydrogens (tertiary/aromatic N) is 5. The van der Waals surface area contributed by atoms with Crippen molar-refractivity contribution in [2.24, 2.45) is 0 Å². The zero-order chi connectivity index (χ0) is 21.6. The lowest BCUT2D eigenvalue weighted by Gasteiger charge is -2.29. The van der Waals surface area contributed by atoms with Crippen molar-refractivity contribution >= 4 is 17.0 Å². The molecule has 3 aromatic heterocycles. The molecule has 1 unspecified atom stereocenters. The van der Waals surface area contributed by atoms with Crippen LogP contribution < -0.4 is 11.1 Å². The molecule has 11 heteroatoms. The van der Waals surface area contributed by atoms with Gasteiger partial charge >= 0.3 is 6.18 Å². The van der Waals surface area contributed by atoms with Gasteiger partial charge < -0.3 is 11.1 Å². The van der Waals surface area contributed by atoms with Crippen LogP contribution >= 0.6 is 0 Å². The third-order valence-electron chi connectivity index (χ3n) is 5.41. The lowest BCUT2D eigenvalue weighted by atomic mass is 9.92. The number of H-pyrrole nitrogens is 1. The van der Waals surface area contributed by atoms with E-state index < -0.39 is 12.2 Å². The molecule has 0 amide bonds. The molecule has 31 heavy (non-hydrogen) atoms. The highest BCUT2D eigenvalue weighted by molar-refractivity contribution is 5.76. The maximum absolute atomic E-state index is 13.4. The van der Waals surface area contributed by atoms with E-state index in [1.165, 1.54) is 0 Å². The second-order valence-electron chi connectivity index (χ2n) is 7.65.